The monoisotopic (exact) mass is 348 g/mol. The lowest BCUT2D eigenvalue weighted by atomic mass is 10.1. The number of nitrogens with two attached hydrogens (primary N) is 1. The number of carbonyl (C=O) groups is 1. The van der Waals surface area contributed by atoms with Gasteiger partial charge in [-0.1, -0.05) is 18.2 Å². The second-order valence-electron chi connectivity index (χ2n) is 5.49. The molecule has 0 radical (unpaired) electrons. The molecule has 0 saturated carbocycles. The number of ether oxygens (including phenoxy) is 1. The fourth-order valence-corrected chi connectivity index (χ4v) is 2.79. The molecule has 0 spiro atoms. The first-order valence-electron chi connectivity index (χ1n) is 7.30. The maximum Gasteiger partial charge on any atom is 0.251 e. The van der Waals surface area contributed by atoms with Crippen LogP contribution in [0.3, 0.4) is 0 Å². The summed E-state index contributed by atoms with van der Waals surface area (Å²) in [6.45, 7) is 3.71. The number of carbonyl (C=O) groups excluding carboxylic acids is 1. The summed E-state index contributed by atoms with van der Waals surface area (Å²) in [6, 6.07) is 11.0. The molecule has 7 heteroatoms. The fraction of sp³-hybridized carbons (Fsp3) is 0.235. The van der Waals surface area contributed by atoms with Gasteiger partial charge in [0.15, 0.2) is 0 Å². The van der Waals surface area contributed by atoms with Gasteiger partial charge < -0.3 is 10.1 Å². The minimum Gasteiger partial charge on any atom is -0.496 e. The molecule has 0 fully saturated rings. The van der Waals surface area contributed by atoms with Crippen molar-refractivity contribution in [2.45, 2.75) is 24.8 Å². The minimum absolute atomic E-state index is 0.0352. The first-order chi connectivity index (χ1) is 11.2. The smallest absolute Gasteiger partial charge is 0.251 e. The van der Waals surface area contributed by atoms with E-state index in [1.165, 1.54) is 12.1 Å². The number of methoxy groups -OCH3 is 1. The highest BCUT2D eigenvalue weighted by atomic mass is 32.2. The van der Waals surface area contributed by atoms with E-state index in [-0.39, 0.29) is 16.8 Å². The second kappa shape index (κ2) is 7.02. The second-order valence-corrected chi connectivity index (χ2v) is 7.06. The van der Waals surface area contributed by atoms with Crippen LogP contribution in [-0.2, 0) is 10.0 Å². The van der Waals surface area contributed by atoms with Gasteiger partial charge in [-0.05, 0) is 49.2 Å². The van der Waals surface area contributed by atoms with Crippen LogP contribution < -0.4 is 15.2 Å². The Morgan fingerprint density at radius 2 is 1.79 bits per heavy atom. The summed E-state index contributed by atoms with van der Waals surface area (Å²) in [5.41, 5.74) is 2.21. The van der Waals surface area contributed by atoms with Crippen LogP contribution in [0.4, 0.5) is 0 Å². The van der Waals surface area contributed by atoms with Crippen molar-refractivity contribution in [3.63, 3.8) is 0 Å². The van der Waals surface area contributed by atoms with Gasteiger partial charge in [-0.15, -0.1) is 0 Å². The summed E-state index contributed by atoms with van der Waals surface area (Å²) >= 11 is 0. The predicted molar refractivity (Wildman–Crippen MR) is 91.4 cm³/mol. The summed E-state index contributed by atoms with van der Waals surface area (Å²) in [6.07, 6.45) is 0. The topological polar surface area (TPSA) is 98.5 Å². The summed E-state index contributed by atoms with van der Waals surface area (Å²) in [7, 11) is -2.17. The molecule has 0 aliphatic heterocycles. The molecule has 0 saturated heterocycles. The Hall–Kier alpha value is -2.38. The summed E-state index contributed by atoms with van der Waals surface area (Å²) in [4.78, 5) is 12.4. The lowest BCUT2D eigenvalue weighted by molar-refractivity contribution is 0.0939. The minimum atomic E-state index is -3.72. The van der Waals surface area contributed by atoms with Crippen LogP contribution in [0.25, 0.3) is 0 Å². The molecular formula is C17H20N2O4S. The number of hydrogen-bond donors (Lipinski definition) is 2. The summed E-state index contributed by atoms with van der Waals surface area (Å²) < 4.78 is 27.7. The number of hydrogen-bond acceptors (Lipinski definition) is 4. The highest BCUT2D eigenvalue weighted by Crippen LogP contribution is 2.20. The molecule has 1 amide bonds. The molecule has 2 aromatic rings. The van der Waals surface area contributed by atoms with Gasteiger partial charge in [0.25, 0.3) is 5.91 Å². The van der Waals surface area contributed by atoms with E-state index >= 15 is 0 Å². The van der Waals surface area contributed by atoms with Crippen molar-refractivity contribution in [1.29, 1.82) is 0 Å². The lowest BCUT2D eigenvalue weighted by Gasteiger charge is -2.15. The molecule has 0 aliphatic carbocycles. The third-order valence-corrected chi connectivity index (χ3v) is 4.66. The quantitative estimate of drug-likeness (QED) is 0.865. The number of benzene rings is 2. The van der Waals surface area contributed by atoms with E-state index in [1.807, 2.05) is 19.9 Å². The van der Waals surface area contributed by atoms with Crippen LogP contribution in [0.15, 0.2) is 47.4 Å². The molecular weight excluding hydrogens is 328 g/mol. The van der Waals surface area contributed by atoms with Gasteiger partial charge in [-0.25, -0.2) is 13.6 Å². The van der Waals surface area contributed by atoms with Crippen LogP contribution in [0.5, 0.6) is 5.75 Å². The average molecular weight is 348 g/mol. The standard InChI is InChI=1S/C17H20N2O4S/c1-11-4-5-14(10-16(11)23-3)17(20)19-12(2)13-6-8-15(9-7-13)24(18,21)22/h4-10,12H,1-3H3,(H,19,20)(H2,18,21,22). The van der Waals surface area contributed by atoms with Crippen molar-refractivity contribution in [2.24, 2.45) is 5.14 Å². The van der Waals surface area contributed by atoms with E-state index in [0.717, 1.165) is 11.1 Å². The molecule has 0 aromatic heterocycles. The zero-order valence-corrected chi connectivity index (χ0v) is 14.6. The zero-order chi connectivity index (χ0) is 17.9. The molecule has 0 heterocycles. The molecule has 1 atom stereocenters. The molecule has 6 nitrogen and oxygen atoms in total. The Labute approximate surface area is 141 Å². The highest BCUT2D eigenvalue weighted by molar-refractivity contribution is 7.89. The van der Waals surface area contributed by atoms with E-state index in [4.69, 9.17) is 9.88 Å². The van der Waals surface area contributed by atoms with Gasteiger partial charge in [0.1, 0.15) is 5.75 Å². The number of primary sulfonamides is 1. The Morgan fingerprint density at radius 1 is 1.17 bits per heavy atom. The summed E-state index contributed by atoms with van der Waals surface area (Å²) in [5.74, 6) is 0.407. The number of aryl methyl sites for hydroxylation is 1. The zero-order valence-electron chi connectivity index (χ0n) is 13.7. The third-order valence-electron chi connectivity index (χ3n) is 3.73. The Bertz CT molecular complexity index is 845. The summed E-state index contributed by atoms with van der Waals surface area (Å²) in [5, 5.41) is 7.94. The van der Waals surface area contributed by atoms with E-state index in [0.29, 0.717) is 11.3 Å². The SMILES string of the molecule is COc1cc(C(=O)NC(C)c2ccc(S(N)(=O)=O)cc2)ccc1C. The number of rotatable bonds is 5. The van der Waals surface area contributed by atoms with Crippen LogP contribution >= 0.6 is 0 Å². The molecule has 2 rings (SSSR count). The van der Waals surface area contributed by atoms with Crippen molar-refractivity contribution >= 4 is 15.9 Å². The number of nitrogens with one attached hydrogen (secondary N) is 1. The Balaban J connectivity index is 2.14. The van der Waals surface area contributed by atoms with Crippen LogP contribution in [0.1, 0.15) is 34.5 Å². The molecule has 2 aromatic carbocycles. The molecule has 0 aliphatic rings. The van der Waals surface area contributed by atoms with Crippen LogP contribution in [0, 0.1) is 6.92 Å². The first kappa shape index (κ1) is 18.0. The van der Waals surface area contributed by atoms with Crippen molar-refractivity contribution in [1.82, 2.24) is 5.32 Å². The highest BCUT2D eigenvalue weighted by Gasteiger charge is 2.14. The molecule has 128 valence electrons. The van der Waals surface area contributed by atoms with Crippen molar-refractivity contribution in [3.05, 3.63) is 59.2 Å². The van der Waals surface area contributed by atoms with Crippen LogP contribution in [0.2, 0.25) is 0 Å². The van der Waals surface area contributed by atoms with E-state index < -0.39 is 10.0 Å². The van der Waals surface area contributed by atoms with Gasteiger partial charge >= 0.3 is 0 Å². The van der Waals surface area contributed by atoms with E-state index in [9.17, 15) is 13.2 Å². The van der Waals surface area contributed by atoms with Crippen molar-refractivity contribution in [3.8, 4) is 5.75 Å². The average Bonchev–Trinajstić information content (AvgIpc) is 2.54. The maximum absolute atomic E-state index is 12.4. The van der Waals surface area contributed by atoms with E-state index in [2.05, 4.69) is 5.32 Å². The number of amides is 1. The molecule has 3 N–H and O–H groups in total. The largest absolute Gasteiger partial charge is 0.496 e. The molecule has 0 bridgehead atoms. The predicted octanol–water partition coefficient (Wildman–Crippen LogP) is 2.14. The van der Waals surface area contributed by atoms with Gasteiger partial charge in [0, 0.05) is 5.56 Å². The molecule has 1 unspecified atom stereocenters. The molecule has 24 heavy (non-hydrogen) atoms. The van der Waals surface area contributed by atoms with Gasteiger partial charge in [-0.3, -0.25) is 4.79 Å². The third kappa shape index (κ3) is 4.12. The van der Waals surface area contributed by atoms with Gasteiger partial charge in [-0.2, -0.15) is 0 Å². The van der Waals surface area contributed by atoms with Gasteiger partial charge in [0.2, 0.25) is 10.0 Å². The van der Waals surface area contributed by atoms with Crippen molar-refractivity contribution < 1.29 is 17.9 Å². The normalized spacial score (nSPS) is 12.5. The van der Waals surface area contributed by atoms with Crippen LogP contribution in [-0.4, -0.2) is 21.4 Å². The fourth-order valence-electron chi connectivity index (χ4n) is 2.27. The van der Waals surface area contributed by atoms with E-state index in [1.54, 1.807) is 31.4 Å². The maximum atomic E-state index is 12.4. The lowest BCUT2D eigenvalue weighted by Crippen LogP contribution is -2.26. The Kier molecular flexibility index (Phi) is 5.26. The van der Waals surface area contributed by atoms with Crippen molar-refractivity contribution in [2.75, 3.05) is 7.11 Å². The van der Waals surface area contributed by atoms with Gasteiger partial charge in [0.05, 0.1) is 18.0 Å². The Morgan fingerprint density at radius 3 is 2.33 bits per heavy atom. The first-order valence-corrected chi connectivity index (χ1v) is 8.85. The number of sulfonamides is 1.